The maximum absolute atomic E-state index is 12.0. The van der Waals surface area contributed by atoms with Crippen LogP contribution in [0.2, 0.25) is 0 Å². The van der Waals surface area contributed by atoms with Gasteiger partial charge in [0.1, 0.15) is 5.60 Å². The topological polar surface area (TPSA) is 32.8 Å². The van der Waals surface area contributed by atoms with E-state index in [-0.39, 0.29) is 6.44 Å². The molecule has 0 aromatic heterocycles. The molecule has 4 nitrogen and oxygen atoms in total. The summed E-state index contributed by atoms with van der Waals surface area (Å²) in [5, 5.41) is 0. The number of nitrogens with zero attached hydrogens (tertiary/aromatic N) is 2. The van der Waals surface area contributed by atoms with E-state index in [9.17, 15) is 18.0 Å². The molecule has 0 aromatic carbocycles. The predicted octanol–water partition coefficient (Wildman–Crippen LogP) is 1.72. The molecule has 0 aliphatic carbocycles. The van der Waals surface area contributed by atoms with Gasteiger partial charge in [-0.1, -0.05) is 0 Å². The zero-order valence-corrected chi connectivity index (χ0v) is 11.5. The van der Waals surface area contributed by atoms with E-state index < -0.39 is 17.8 Å². The lowest BCUT2D eigenvalue weighted by molar-refractivity contribution is -0.0489. The molecule has 0 atom stereocenters. The zero-order chi connectivity index (χ0) is 14.7. The van der Waals surface area contributed by atoms with Crippen LogP contribution in [-0.4, -0.2) is 67.5 Å². The summed E-state index contributed by atoms with van der Waals surface area (Å²) in [6.07, 6.45) is -4.79. The molecule has 0 spiro atoms. The van der Waals surface area contributed by atoms with Crippen LogP contribution in [-0.2, 0) is 4.74 Å². The number of hydrogen-bond acceptors (Lipinski definition) is 3. The molecular formula is C11H19BF3N2O2. The quantitative estimate of drug-likeness (QED) is 0.721. The van der Waals surface area contributed by atoms with Gasteiger partial charge in [0.15, 0.2) is 0 Å². The summed E-state index contributed by atoms with van der Waals surface area (Å²) in [6, 6.07) is 0. The minimum absolute atomic E-state index is 0.133. The van der Waals surface area contributed by atoms with Gasteiger partial charge in [-0.2, -0.15) is 13.2 Å². The number of hydrogen-bond donors (Lipinski definition) is 0. The highest BCUT2D eigenvalue weighted by molar-refractivity contribution is 6.38. The van der Waals surface area contributed by atoms with Crippen molar-refractivity contribution in [3.05, 3.63) is 0 Å². The molecule has 109 valence electrons. The first-order valence-corrected chi connectivity index (χ1v) is 6.18. The first-order valence-electron chi connectivity index (χ1n) is 6.18. The van der Waals surface area contributed by atoms with Crippen LogP contribution in [0.5, 0.6) is 0 Å². The Morgan fingerprint density at radius 3 is 2.11 bits per heavy atom. The molecule has 0 aromatic rings. The van der Waals surface area contributed by atoms with Gasteiger partial charge in [0, 0.05) is 26.2 Å². The summed E-state index contributed by atoms with van der Waals surface area (Å²) in [7, 11) is 0.329. The number of carbonyl (C=O) groups is 1. The molecule has 1 heterocycles. The van der Waals surface area contributed by atoms with Crippen molar-refractivity contribution in [1.29, 1.82) is 0 Å². The first kappa shape index (κ1) is 16.1. The average molecular weight is 279 g/mol. The number of ether oxygens (including phenoxy) is 1. The van der Waals surface area contributed by atoms with E-state index in [1.165, 1.54) is 4.90 Å². The Labute approximate surface area is 112 Å². The normalized spacial score (nSPS) is 18.3. The predicted molar refractivity (Wildman–Crippen MR) is 66.1 cm³/mol. The third-order valence-electron chi connectivity index (χ3n) is 2.60. The number of carbonyl (C=O) groups excluding carboxylic acids is 1. The molecule has 1 aliphatic rings. The molecule has 1 aliphatic heterocycles. The van der Waals surface area contributed by atoms with Crippen molar-refractivity contribution in [3.8, 4) is 0 Å². The third kappa shape index (κ3) is 6.70. The number of rotatable bonds is 2. The second-order valence-electron chi connectivity index (χ2n) is 5.51. The number of piperazine rings is 1. The maximum atomic E-state index is 12.0. The second kappa shape index (κ2) is 6.03. The van der Waals surface area contributed by atoms with Gasteiger partial charge in [-0.3, -0.25) is 0 Å². The Bertz CT molecular complexity index is 310. The second-order valence-corrected chi connectivity index (χ2v) is 5.51. The van der Waals surface area contributed by atoms with E-state index in [4.69, 9.17) is 4.74 Å². The molecule has 1 saturated heterocycles. The molecule has 0 unspecified atom stereocenters. The number of amides is 1. The fourth-order valence-electron chi connectivity index (χ4n) is 1.67. The maximum Gasteiger partial charge on any atom is 0.410 e. The standard InChI is InChI=1S/C11H19BF3N2O2/c1-10(2,3)19-9(18)17-6-4-16(5-7-17)8-12-11(13,14)15/h4-8H2,1-3H3. The number of halogens is 3. The molecule has 1 rings (SSSR count). The van der Waals surface area contributed by atoms with Gasteiger partial charge in [-0.05, 0) is 27.2 Å². The molecule has 0 bridgehead atoms. The van der Waals surface area contributed by atoms with E-state index in [1.807, 2.05) is 0 Å². The van der Waals surface area contributed by atoms with Crippen LogP contribution in [0, 0.1) is 0 Å². The highest BCUT2D eigenvalue weighted by Gasteiger charge is 2.31. The van der Waals surface area contributed by atoms with Crippen molar-refractivity contribution in [1.82, 2.24) is 9.80 Å². The lowest BCUT2D eigenvalue weighted by Crippen LogP contribution is -2.51. The fourth-order valence-corrected chi connectivity index (χ4v) is 1.67. The fraction of sp³-hybridized carbons (Fsp3) is 0.909. The van der Waals surface area contributed by atoms with Gasteiger partial charge in [-0.15, -0.1) is 0 Å². The summed E-state index contributed by atoms with van der Waals surface area (Å²) < 4.78 is 41.3. The van der Waals surface area contributed by atoms with Crippen LogP contribution in [0.3, 0.4) is 0 Å². The van der Waals surface area contributed by atoms with Crippen molar-refractivity contribution in [3.63, 3.8) is 0 Å². The van der Waals surface area contributed by atoms with Crippen molar-refractivity contribution in [2.24, 2.45) is 0 Å². The zero-order valence-electron chi connectivity index (χ0n) is 11.5. The van der Waals surface area contributed by atoms with E-state index in [0.717, 1.165) is 0 Å². The smallest absolute Gasteiger partial charge is 0.410 e. The minimum Gasteiger partial charge on any atom is -0.444 e. The summed E-state index contributed by atoms with van der Waals surface area (Å²) >= 11 is 0. The minimum atomic E-state index is -4.25. The van der Waals surface area contributed by atoms with Crippen LogP contribution in [0.15, 0.2) is 0 Å². The Hall–Kier alpha value is -0.915. The Balaban J connectivity index is 2.31. The van der Waals surface area contributed by atoms with Crippen molar-refractivity contribution < 1.29 is 22.7 Å². The molecule has 0 N–H and O–H groups in total. The lowest BCUT2D eigenvalue weighted by Gasteiger charge is -2.35. The highest BCUT2D eigenvalue weighted by Crippen LogP contribution is 2.14. The molecular weight excluding hydrogens is 260 g/mol. The molecule has 0 saturated carbocycles. The van der Waals surface area contributed by atoms with Crippen LogP contribution >= 0.6 is 0 Å². The Kier molecular flexibility index (Phi) is 5.12. The largest absolute Gasteiger partial charge is 0.444 e. The van der Waals surface area contributed by atoms with E-state index in [0.29, 0.717) is 33.5 Å². The van der Waals surface area contributed by atoms with Gasteiger partial charge in [0.2, 0.25) is 0 Å². The molecule has 19 heavy (non-hydrogen) atoms. The average Bonchev–Trinajstić information content (AvgIpc) is 2.23. The van der Waals surface area contributed by atoms with Crippen LogP contribution in [0.1, 0.15) is 20.8 Å². The van der Waals surface area contributed by atoms with E-state index in [1.54, 1.807) is 25.7 Å². The van der Waals surface area contributed by atoms with Gasteiger partial charge in [0.05, 0.1) is 0 Å². The monoisotopic (exact) mass is 279 g/mol. The Morgan fingerprint density at radius 1 is 1.16 bits per heavy atom. The van der Waals surface area contributed by atoms with Crippen molar-refractivity contribution >= 4 is 13.4 Å². The molecule has 1 amide bonds. The number of alkyl halides is 3. The van der Waals surface area contributed by atoms with Gasteiger partial charge in [-0.25, -0.2) is 4.79 Å². The van der Waals surface area contributed by atoms with Crippen molar-refractivity contribution in [2.45, 2.75) is 32.4 Å². The SMILES string of the molecule is CC(C)(C)OC(=O)N1CCN(C[B]C(F)(F)F)CC1. The van der Waals surface area contributed by atoms with E-state index >= 15 is 0 Å². The Morgan fingerprint density at radius 2 is 1.68 bits per heavy atom. The highest BCUT2D eigenvalue weighted by atomic mass is 19.4. The summed E-state index contributed by atoms with van der Waals surface area (Å²) in [4.78, 5) is 14.9. The first-order chi connectivity index (χ1) is 8.57. The lowest BCUT2D eigenvalue weighted by atomic mass is 9.77. The molecule has 1 radical (unpaired) electrons. The molecule has 1 fully saturated rings. The van der Waals surface area contributed by atoms with Gasteiger partial charge < -0.3 is 14.5 Å². The van der Waals surface area contributed by atoms with Crippen LogP contribution < -0.4 is 0 Å². The molecule has 8 heteroatoms. The van der Waals surface area contributed by atoms with Crippen molar-refractivity contribution in [2.75, 3.05) is 32.6 Å². The van der Waals surface area contributed by atoms with Crippen LogP contribution in [0.4, 0.5) is 18.0 Å². The summed E-state index contributed by atoms with van der Waals surface area (Å²) in [5.41, 5.74) is -0.557. The van der Waals surface area contributed by atoms with Gasteiger partial charge >= 0.3 is 12.2 Å². The van der Waals surface area contributed by atoms with E-state index in [2.05, 4.69) is 0 Å². The van der Waals surface area contributed by atoms with Gasteiger partial charge in [0.25, 0.3) is 7.28 Å². The summed E-state index contributed by atoms with van der Waals surface area (Å²) in [6.45, 7) is 6.96. The third-order valence-corrected chi connectivity index (χ3v) is 2.60. The summed E-state index contributed by atoms with van der Waals surface area (Å²) in [5.74, 6) is 0. The van der Waals surface area contributed by atoms with Crippen LogP contribution in [0.25, 0.3) is 0 Å².